The summed E-state index contributed by atoms with van der Waals surface area (Å²) >= 11 is 0. The standard InChI is InChI=1S/C17H13NO2/c18-8-7-15-14-4-2-1-3-13(14)11-20-17-9-12(10-19)5-6-16(15)17/h1-7,9,19H,10-11H2. The second-order valence-electron chi connectivity index (χ2n) is 4.62. The van der Waals surface area contributed by atoms with Gasteiger partial charge in [0.1, 0.15) is 12.4 Å². The first-order valence-electron chi connectivity index (χ1n) is 6.38. The zero-order valence-electron chi connectivity index (χ0n) is 10.8. The van der Waals surface area contributed by atoms with E-state index in [1.165, 1.54) is 0 Å². The Morgan fingerprint density at radius 2 is 2.05 bits per heavy atom. The van der Waals surface area contributed by atoms with E-state index in [4.69, 9.17) is 10.00 Å². The molecule has 2 aromatic rings. The molecule has 1 aliphatic rings. The molecule has 0 amide bonds. The zero-order valence-corrected chi connectivity index (χ0v) is 10.8. The van der Waals surface area contributed by atoms with Crippen molar-refractivity contribution >= 4 is 5.57 Å². The van der Waals surface area contributed by atoms with Crippen molar-refractivity contribution < 1.29 is 9.84 Å². The minimum absolute atomic E-state index is 0.0269. The smallest absolute Gasteiger partial charge is 0.128 e. The van der Waals surface area contributed by atoms with Gasteiger partial charge < -0.3 is 9.84 Å². The fourth-order valence-electron chi connectivity index (χ4n) is 2.44. The molecule has 98 valence electrons. The molecule has 1 aliphatic heterocycles. The number of ether oxygens (including phenoxy) is 1. The normalized spacial score (nSPS) is 14.7. The summed E-state index contributed by atoms with van der Waals surface area (Å²) in [5.41, 5.74) is 4.61. The van der Waals surface area contributed by atoms with Crippen LogP contribution in [0.2, 0.25) is 0 Å². The lowest BCUT2D eigenvalue weighted by Gasteiger charge is -2.10. The predicted octanol–water partition coefficient (Wildman–Crippen LogP) is 3.03. The van der Waals surface area contributed by atoms with Crippen molar-refractivity contribution in [3.05, 3.63) is 70.8 Å². The number of rotatable bonds is 1. The summed E-state index contributed by atoms with van der Waals surface area (Å²) in [5.74, 6) is 0.703. The number of fused-ring (bicyclic) bond motifs is 2. The van der Waals surface area contributed by atoms with Crippen molar-refractivity contribution in [2.75, 3.05) is 0 Å². The maximum absolute atomic E-state index is 9.23. The highest BCUT2D eigenvalue weighted by Crippen LogP contribution is 2.37. The van der Waals surface area contributed by atoms with Crippen LogP contribution in [0.25, 0.3) is 5.57 Å². The van der Waals surface area contributed by atoms with Gasteiger partial charge in [0.05, 0.1) is 12.7 Å². The summed E-state index contributed by atoms with van der Waals surface area (Å²) < 4.78 is 5.83. The van der Waals surface area contributed by atoms with Gasteiger partial charge in [-0.25, -0.2) is 0 Å². The first kappa shape index (κ1) is 12.5. The van der Waals surface area contributed by atoms with Crippen LogP contribution in [0.15, 0.2) is 48.5 Å². The molecule has 3 rings (SSSR count). The van der Waals surface area contributed by atoms with Crippen molar-refractivity contribution in [1.29, 1.82) is 5.26 Å². The second kappa shape index (κ2) is 5.20. The van der Waals surface area contributed by atoms with E-state index in [0.717, 1.165) is 27.8 Å². The van der Waals surface area contributed by atoms with E-state index in [0.29, 0.717) is 12.4 Å². The Morgan fingerprint density at radius 1 is 1.20 bits per heavy atom. The molecular formula is C17H13NO2. The van der Waals surface area contributed by atoms with E-state index in [1.54, 1.807) is 6.08 Å². The van der Waals surface area contributed by atoms with E-state index < -0.39 is 0 Å². The van der Waals surface area contributed by atoms with E-state index >= 15 is 0 Å². The van der Waals surface area contributed by atoms with Crippen LogP contribution in [0.4, 0.5) is 0 Å². The van der Waals surface area contributed by atoms with E-state index in [2.05, 4.69) is 6.07 Å². The molecule has 0 saturated heterocycles. The lowest BCUT2D eigenvalue weighted by Crippen LogP contribution is -1.95. The number of nitrogens with zero attached hydrogens (tertiary/aromatic N) is 1. The van der Waals surface area contributed by atoms with Gasteiger partial charge in [-0.3, -0.25) is 0 Å². The number of aliphatic hydroxyl groups is 1. The van der Waals surface area contributed by atoms with E-state index in [9.17, 15) is 5.11 Å². The van der Waals surface area contributed by atoms with Gasteiger partial charge in [0.25, 0.3) is 0 Å². The average Bonchev–Trinajstić information content (AvgIpc) is 2.65. The molecule has 20 heavy (non-hydrogen) atoms. The number of nitriles is 1. The molecular weight excluding hydrogens is 250 g/mol. The van der Waals surface area contributed by atoms with Crippen molar-refractivity contribution in [2.24, 2.45) is 0 Å². The van der Waals surface area contributed by atoms with Gasteiger partial charge >= 0.3 is 0 Å². The van der Waals surface area contributed by atoms with Crippen LogP contribution < -0.4 is 4.74 Å². The number of aliphatic hydroxyl groups excluding tert-OH is 1. The number of hydrogen-bond acceptors (Lipinski definition) is 3. The number of hydrogen-bond donors (Lipinski definition) is 1. The highest BCUT2D eigenvalue weighted by Gasteiger charge is 2.19. The molecule has 2 aromatic carbocycles. The molecule has 0 radical (unpaired) electrons. The first-order chi connectivity index (χ1) is 9.83. The number of allylic oxidation sites excluding steroid dienone is 1. The molecule has 0 atom stereocenters. The SMILES string of the molecule is N#CC=C1c2ccccc2COc2cc(CO)ccc21. The monoisotopic (exact) mass is 263 g/mol. The van der Waals surface area contributed by atoms with Gasteiger partial charge in [0, 0.05) is 17.2 Å². The van der Waals surface area contributed by atoms with Gasteiger partial charge in [0.15, 0.2) is 0 Å². The third kappa shape index (κ3) is 2.07. The maximum Gasteiger partial charge on any atom is 0.128 e. The Balaban J connectivity index is 2.23. The molecule has 1 heterocycles. The van der Waals surface area contributed by atoms with Crippen LogP contribution in [-0.4, -0.2) is 5.11 Å². The molecule has 0 unspecified atom stereocenters. The lowest BCUT2D eigenvalue weighted by atomic mass is 9.93. The molecule has 0 aromatic heterocycles. The molecule has 0 aliphatic carbocycles. The summed E-state index contributed by atoms with van der Waals surface area (Å²) in [7, 11) is 0. The number of benzene rings is 2. The van der Waals surface area contributed by atoms with Crippen molar-refractivity contribution in [2.45, 2.75) is 13.2 Å². The topological polar surface area (TPSA) is 53.2 Å². The van der Waals surface area contributed by atoms with Crippen LogP contribution in [0.1, 0.15) is 22.3 Å². The van der Waals surface area contributed by atoms with E-state index in [1.807, 2.05) is 42.5 Å². The van der Waals surface area contributed by atoms with Crippen molar-refractivity contribution in [3.63, 3.8) is 0 Å². The fraction of sp³-hybridized carbons (Fsp3) is 0.118. The van der Waals surface area contributed by atoms with Crippen molar-refractivity contribution in [3.8, 4) is 11.8 Å². The van der Waals surface area contributed by atoms with Crippen molar-refractivity contribution in [1.82, 2.24) is 0 Å². The van der Waals surface area contributed by atoms with E-state index in [-0.39, 0.29) is 6.61 Å². The minimum atomic E-state index is -0.0269. The summed E-state index contributed by atoms with van der Waals surface area (Å²) in [6.07, 6.45) is 1.55. The van der Waals surface area contributed by atoms with Gasteiger partial charge in [0.2, 0.25) is 0 Å². The highest BCUT2D eigenvalue weighted by molar-refractivity contribution is 5.86. The van der Waals surface area contributed by atoms with Crippen LogP contribution in [0.5, 0.6) is 5.75 Å². The molecule has 0 fully saturated rings. The third-order valence-corrected chi connectivity index (χ3v) is 3.42. The Bertz CT molecular complexity index is 726. The Hall–Kier alpha value is -2.57. The lowest BCUT2D eigenvalue weighted by molar-refractivity contribution is 0.278. The largest absolute Gasteiger partial charge is 0.488 e. The molecule has 3 heteroatoms. The molecule has 0 bridgehead atoms. The molecule has 0 saturated carbocycles. The van der Waals surface area contributed by atoms with Crippen LogP contribution >= 0.6 is 0 Å². The van der Waals surface area contributed by atoms with Crippen LogP contribution in [0.3, 0.4) is 0 Å². The predicted molar refractivity (Wildman–Crippen MR) is 75.8 cm³/mol. The summed E-state index contributed by atoms with van der Waals surface area (Å²) in [6.45, 7) is 0.432. The Kier molecular flexibility index (Phi) is 3.24. The Morgan fingerprint density at radius 3 is 2.85 bits per heavy atom. The average molecular weight is 263 g/mol. The van der Waals surface area contributed by atoms with Gasteiger partial charge in [-0.15, -0.1) is 0 Å². The fourth-order valence-corrected chi connectivity index (χ4v) is 2.44. The second-order valence-corrected chi connectivity index (χ2v) is 4.62. The van der Waals surface area contributed by atoms with Gasteiger partial charge in [-0.1, -0.05) is 36.4 Å². The zero-order chi connectivity index (χ0) is 13.9. The van der Waals surface area contributed by atoms with Gasteiger partial charge in [-0.05, 0) is 22.8 Å². The summed E-state index contributed by atoms with van der Waals surface area (Å²) in [4.78, 5) is 0. The maximum atomic E-state index is 9.23. The highest BCUT2D eigenvalue weighted by atomic mass is 16.5. The molecule has 1 N–H and O–H groups in total. The summed E-state index contributed by atoms with van der Waals surface area (Å²) in [6, 6.07) is 15.6. The Labute approximate surface area is 117 Å². The quantitative estimate of drug-likeness (QED) is 0.805. The van der Waals surface area contributed by atoms with Gasteiger partial charge in [-0.2, -0.15) is 5.26 Å². The summed E-state index contributed by atoms with van der Waals surface area (Å²) in [5, 5.41) is 18.3. The minimum Gasteiger partial charge on any atom is -0.488 e. The van der Waals surface area contributed by atoms with Crippen LogP contribution in [0, 0.1) is 11.3 Å². The first-order valence-corrected chi connectivity index (χ1v) is 6.38. The molecule has 0 spiro atoms. The molecule has 3 nitrogen and oxygen atoms in total. The van der Waals surface area contributed by atoms with Crippen LogP contribution in [-0.2, 0) is 13.2 Å². The third-order valence-electron chi connectivity index (χ3n) is 3.42.